The molecule has 0 aromatic heterocycles. The zero-order chi connectivity index (χ0) is 13.3. The van der Waals surface area contributed by atoms with Gasteiger partial charge < -0.3 is 8.85 Å². The van der Waals surface area contributed by atoms with E-state index in [9.17, 15) is 0 Å². The molecule has 19 heavy (non-hydrogen) atoms. The van der Waals surface area contributed by atoms with Gasteiger partial charge in [-0.3, -0.25) is 0 Å². The maximum absolute atomic E-state index is 6.00. The van der Waals surface area contributed by atoms with Crippen LogP contribution < -0.4 is 0 Å². The minimum atomic E-state index is -0.998. The molecule has 3 heteroatoms. The normalized spacial score (nSPS) is 22.8. The van der Waals surface area contributed by atoms with Crippen LogP contribution in [0.25, 0.3) is 0 Å². The molecule has 2 aliphatic rings. The Labute approximate surface area is 120 Å². The minimum absolute atomic E-state index is 0.747. The lowest BCUT2D eigenvalue weighted by Crippen LogP contribution is -2.33. The molecule has 0 spiro atoms. The first-order valence-electron chi connectivity index (χ1n) is 8.19. The molecule has 0 heterocycles. The quantitative estimate of drug-likeness (QED) is 0.385. The fourth-order valence-corrected chi connectivity index (χ4v) is 4.92. The van der Waals surface area contributed by atoms with E-state index in [2.05, 4.69) is 19.1 Å². The molecule has 0 amide bonds. The Morgan fingerprint density at radius 1 is 0.947 bits per heavy atom. The smallest absolute Gasteiger partial charge is 0.388 e. The SMILES string of the molecule is CCO[Si](OCC=CC1CCCCCC1)C1CCC1. The van der Waals surface area contributed by atoms with Crippen LogP contribution in [0.5, 0.6) is 0 Å². The van der Waals surface area contributed by atoms with Crippen molar-refractivity contribution in [3.63, 3.8) is 0 Å². The van der Waals surface area contributed by atoms with Gasteiger partial charge in [0.05, 0.1) is 6.61 Å². The van der Waals surface area contributed by atoms with Crippen molar-refractivity contribution in [2.45, 2.75) is 70.3 Å². The second kappa shape index (κ2) is 8.93. The number of allylic oxidation sites excluding steroid dienone is 1. The third-order valence-electron chi connectivity index (χ3n) is 4.35. The van der Waals surface area contributed by atoms with Gasteiger partial charge in [0.1, 0.15) is 0 Å². The van der Waals surface area contributed by atoms with E-state index >= 15 is 0 Å². The highest BCUT2D eigenvalue weighted by molar-refractivity contribution is 6.46. The molecule has 0 aromatic carbocycles. The summed E-state index contributed by atoms with van der Waals surface area (Å²) in [5.41, 5.74) is 0.747. The largest absolute Gasteiger partial charge is 0.393 e. The molecular weight excluding hydrogens is 252 g/mol. The van der Waals surface area contributed by atoms with Gasteiger partial charge in [-0.15, -0.1) is 0 Å². The van der Waals surface area contributed by atoms with Gasteiger partial charge in [0, 0.05) is 12.1 Å². The van der Waals surface area contributed by atoms with Gasteiger partial charge >= 0.3 is 9.28 Å². The summed E-state index contributed by atoms with van der Waals surface area (Å²) in [7, 11) is -0.998. The molecule has 0 unspecified atom stereocenters. The summed E-state index contributed by atoms with van der Waals surface area (Å²) >= 11 is 0. The van der Waals surface area contributed by atoms with Gasteiger partial charge in [-0.1, -0.05) is 44.3 Å². The van der Waals surface area contributed by atoms with Crippen LogP contribution in [0, 0.1) is 5.92 Å². The number of hydrogen-bond donors (Lipinski definition) is 0. The summed E-state index contributed by atoms with van der Waals surface area (Å²) in [6.07, 6.45) is 17.1. The topological polar surface area (TPSA) is 18.5 Å². The molecule has 2 fully saturated rings. The van der Waals surface area contributed by atoms with E-state index in [-0.39, 0.29) is 0 Å². The van der Waals surface area contributed by atoms with Crippen LogP contribution in [-0.4, -0.2) is 22.5 Å². The molecule has 0 saturated heterocycles. The van der Waals surface area contributed by atoms with Gasteiger partial charge in [0.25, 0.3) is 0 Å². The lowest BCUT2D eigenvalue weighted by atomic mass is 10.00. The Morgan fingerprint density at radius 2 is 1.68 bits per heavy atom. The van der Waals surface area contributed by atoms with E-state index in [1.165, 1.54) is 57.8 Å². The molecule has 2 rings (SSSR count). The minimum Gasteiger partial charge on any atom is -0.393 e. The third kappa shape index (κ3) is 5.40. The predicted molar refractivity (Wildman–Crippen MR) is 81.3 cm³/mol. The first kappa shape index (κ1) is 15.3. The molecule has 0 bridgehead atoms. The van der Waals surface area contributed by atoms with Crippen molar-refractivity contribution in [3.05, 3.63) is 12.2 Å². The van der Waals surface area contributed by atoms with E-state index in [4.69, 9.17) is 8.85 Å². The van der Waals surface area contributed by atoms with Crippen molar-refractivity contribution in [2.75, 3.05) is 13.2 Å². The Hall–Kier alpha value is -0.123. The fourth-order valence-electron chi connectivity index (χ4n) is 2.95. The monoisotopic (exact) mass is 281 g/mol. The van der Waals surface area contributed by atoms with Gasteiger partial charge in [0.2, 0.25) is 0 Å². The van der Waals surface area contributed by atoms with Crippen LogP contribution in [0.2, 0.25) is 5.54 Å². The third-order valence-corrected chi connectivity index (χ3v) is 6.62. The average molecular weight is 281 g/mol. The van der Waals surface area contributed by atoms with Gasteiger partial charge in [-0.25, -0.2) is 0 Å². The first-order chi connectivity index (χ1) is 9.40. The highest BCUT2D eigenvalue weighted by Crippen LogP contribution is 2.35. The Kier molecular flexibility index (Phi) is 7.18. The van der Waals surface area contributed by atoms with Crippen molar-refractivity contribution >= 4 is 9.28 Å². The first-order valence-corrected chi connectivity index (χ1v) is 9.58. The Bertz CT molecular complexity index is 255. The molecule has 2 saturated carbocycles. The molecule has 1 radical (unpaired) electrons. The lowest BCUT2D eigenvalue weighted by Gasteiger charge is -2.29. The van der Waals surface area contributed by atoms with Crippen LogP contribution in [0.4, 0.5) is 0 Å². The summed E-state index contributed by atoms with van der Waals surface area (Å²) in [4.78, 5) is 0. The molecule has 2 aliphatic carbocycles. The molecule has 0 aliphatic heterocycles. The van der Waals surface area contributed by atoms with Crippen molar-refractivity contribution in [3.8, 4) is 0 Å². The van der Waals surface area contributed by atoms with Gasteiger partial charge in [0.15, 0.2) is 0 Å². The van der Waals surface area contributed by atoms with E-state index in [0.29, 0.717) is 0 Å². The number of hydrogen-bond acceptors (Lipinski definition) is 2. The van der Waals surface area contributed by atoms with Crippen LogP contribution in [0.3, 0.4) is 0 Å². The van der Waals surface area contributed by atoms with Crippen molar-refractivity contribution in [1.82, 2.24) is 0 Å². The Morgan fingerprint density at radius 3 is 2.26 bits per heavy atom. The maximum atomic E-state index is 6.00. The van der Waals surface area contributed by atoms with Crippen molar-refractivity contribution in [1.29, 1.82) is 0 Å². The van der Waals surface area contributed by atoms with E-state index < -0.39 is 9.28 Å². The zero-order valence-corrected chi connectivity index (χ0v) is 13.4. The van der Waals surface area contributed by atoms with E-state index in [0.717, 1.165) is 24.7 Å². The molecule has 2 nitrogen and oxygen atoms in total. The highest BCUT2D eigenvalue weighted by atomic mass is 28.3. The van der Waals surface area contributed by atoms with Gasteiger partial charge in [-0.05, 0) is 38.5 Å². The molecule has 109 valence electrons. The summed E-state index contributed by atoms with van der Waals surface area (Å²) in [6, 6.07) is 0. The molecule has 0 N–H and O–H groups in total. The van der Waals surface area contributed by atoms with Crippen molar-refractivity contribution < 1.29 is 8.85 Å². The van der Waals surface area contributed by atoms with E-state index in [1.807, 2.05) is 0 Å². The van der Waals surface area contributed by atoms with Crippen molar-refractivity contribution in [2.24, 2.45) is 5.92 Å². The predicted octanol–water partition coefficient (Wildman–Crippen LogP) is 4.61. The lowest BCUT2D eigenvalue weighted by molar-refractivity contribution is 0.197. The molecule has 0 atom stereocenters. The Balaban J connectivity index is 1.65. The second-order valence-corrected chi connectivity index (χ2v) is 7.90. The average Bonchev–Trinajstić information content (AvgIpc) is 2.61. The summed E-state index contributed by atoms with van der Waals surface area (Å²) < 4.78 is 11.8. The molecule has 0 aromatic rings. The zero-order valence-electron chi connectivity index (χ0n) is 12.4. The highest BCUT2D eigenvalue weighted by Gasteiger charge is 2.32. The standard InChI is InChI=1S/C16H29O2Si/c1-2-17-19(16-12-7-13-16)18-14-8-11-15-9-5-3-4-6-10-15/h8,11,15-16H,2-7,9-10,12-14H2,1H3. The number of rotatable bonds is 7. The summed E-state index contributed by atoms with van der Waals surface area (Å²) in [5, 5.41) is 0. The van der Waals surface area contributed by atoms with Crippen LogP contribution in [0.15, 0.2) is 12.2 Å². The van der Waals surface area contributed by atoms with Gasteiger partial charge in [-0.2, -0.15) is 0 Å². The second-order valence-electron chi connectivity index (χ2n) is 5.87. The summed E-state index contributed by atoms with van der Waals surface area (Å²) in [6.45, 7) is 3.65. The van der Waals surface area contributed by atoms with Crippen LogP contribution in [0.1, 0.15) is 64.7 Å². The van der Waals surface area contributed by atoms with E-state index in [1.54, 1.807) is 0 Å². The van der Waals surface area contributed by atoms with Crippen LogP contribution >= 0.6 is 0 Å². The van der Waals surface area contributed by atoms with Crippen LogP contribution in [-0.2, 0) is 8.85 Å². The summed E-state index contributed by atoms with van der Waals surface area (Å²) in [5.74, 6) is 0.803. The molecular formula is C16H29O2Si. The maximum Gasteiger partial charge on any atom is 0.388 e. The fraction of sp³-hybridized carbons (Fsp3) is 0.875.